The Labute approximate surface area is 134 Å². The molecule has 0 aromatic carbocycles. The summed E-state index contributed by atoms with van der Waals surface area (Å²) < 4.78 is 1.36. The molecular formula is C17H20N4O2. The van der Waals surface area contributed by atoms with Crippen LogP contribution in [0, 0.1) is 0 Å². The van der Waals surface area contributed by atoms with Crippen LogP contribution in [0.5, 0.6) is 0 Å². The number of nitrogens with zero attached hydrogens (tertiary/aromatic N) is 4. The standard InChI is InChI=1S/C17H20N4O2/c1-2-10-21-16(22)8-7-14(19-21)17(23)20-11-4-6-15(20)13-5-3-9-18-12-13/h3,5,7-9,12,15H,2,4,6,10-11H2,1H3. The minimum Gasteiger partial charge on any atom is -0.330 e. The van der Waals surface area contributed by atoms with Crippen LogP contribution >= 0.6 is 0 Å². The van der Waals surface area contributed by atoms with Gasteiger partial charge in [-0.3, -0.25) is 14.6 Å². The topological polar surface area (TPSA) is 68.1 Å². The number of hydrogen-bond acceptors (Lipinski definition) is 4. The van der Waals surface area contributed by atoms with Crippen molar-refractivity contribution >= 4 is 5.91 Å². The number of aryl methyl sites for hydroxylation is 1. The Morgan fingerprint density at radius 3 is 2.96 bits per heavy atom. The maximum Gasteiger partial charge on any atom is 0.274 e. The maximum absolute atomic E-state index is 12.8. The number of amides is 1. The van der Waals surface area contributed by atoms with E-state index in [1.54, 1.807) is 6.20 Å². The first-order valence-electron chi connectivity index (χ1n) is 7.99. The molecule has 0 N–H and O–H groups in total. The highest BCUT2D eigenvalue weighted by Gasteiger charge is 2.31. The molecular weight excluding hydrogens is 292 g/mol. The molecule has 0 radical (unpaired) electrons. The Morgan fingerprint density at radius 1 is 1.35 bits per heavy atom. The summed E-state index contributed by atoms with van der Waals surface area (Å²) in [5.41, 5.74) is 1.20. The van der Waals surface area contributed by atoms with Crippen LogP contribution in [0.25, 0.3) is 0 Å². The largest absolute Gasteiger partial charge is 0.330 e. The average Bonchev–Trinajstić information content (AvgIpc) is 3.07. The van der Waals surface area contributed by atoms with Crippen LogP contribution in [-0.4, -0.2) is 32.1 Å². The second kappa shape index (κ2) is 6.73. The van der Waals surface area contributed by atoms with Gasteiger partial charge in [-0.1, -0.05) is 13.0 Å². The Balaban J connectivity index is 1.87. The monoisotopic (exact) mass is 312 g/mol. The van der Waals surface area contributed by atoms with E-state index in [2.05, 4.69) is 10.1 Å². The quantitative estimate of drug-likeness (QED) is 0.866. The third-order valence-corrected chi connectivity index (χ3v) is 4.10. The summed E-state index contributed by atoms with van der Waals surface area (Å²) in [7, 11) is 0. The summed E-state index contributed by atoms with van der Waals surface area (Å²) in [5, 5.41) is 4.23. The molecule has 1 fully saturated rings. The normalized spacial score (nSPS) is 17.4. The highest BCUT2D eigenvalue weighted by molar-refractivity contribution is 5.92. The van der Waals surface area contributed by atoms with Crippen LogP contribution in [-0.2, 0) is 6.54 Å². The zero-order valence-electron chi connectivity index (χ0n) is 13.2. The number of hydrogen-bond donors (Lipinski definition) is 0. The van der Waals surface area contributed by atoms with Crippen LogP contribution < -0.4 is 5.56 Å². The first-order valence-corrected chi connectivity index (χ1v) is 7.99. The van der Waals surface area contributed by atoms with E-state index in [0.717, 1.165) is 24.8 Å². The lowest BCUT2D eigenvalue weighted by Gasteiger charge is -2.24. The SMILES string of the molecule is CCCn1nc(C(=O)N2CCCC2c2cccnc2)ccc1=O. The first-order chi connectivity index (χ1) is 11.2. The molecule has 1 unspecified atom stereocenters. The third-order valence-electron chi connectivity index (χ3n) is 4.10. The summed E-state index contributed by atoms with van der Waals surface area (Å²) in [4.78, 5) is 30.6. The van der Waals surface area contributed by atoms with Gasteiger partial charge in [0.25, 0.3) is 11.5 Å². The molecule has 3 rings (SSSR count). The van der Waals surface area contributed by atoms with Gasteiger partial charge in [0.15, 0.2) is 0 Å². The van der Waals surface area contributed by atoms with Crippen molar-refractivity contribution in [3.05, 3.63) is 58.3 Å². The molecule has 1 amide bonds. The molecule has 0 saturated carbocycles. The van der Waals surface area contributed by atoms with Crippen molar-refractivity contribution in [3.63, 3.8) is 0 Å². The van der Waals surface area contributed by atoms with Crippen molar-refractivity contribution in [3.8, 4) is 0 Å². The minimum atomic E-state index is -0.173. The second-order valence-corrected chi connectivity index (χ2v) is 5.72. The highest BCUT2D eigenvalue weighted by atomic mass is 16.2. The molecule has 2 aromatic heterocycles. The molecule has 1 saturated heterocycles. The Morgan fingerprint density at radius 2 is 2.22 bits per heavy atom. The predicted molar refractivity (Wildman–Crippen MR) is 86.0 cm³/mol. The summed E-state index contributed by atoms with van der Waals surface area (Å²) in [5.74, 6) is -0.124. The lowest BCUT2D eigenvalue weighted by Crippen LogP contribution is -2.33. The summed E-state index contributed by atoms with van der Waals surface area (Å²) >= 11 is 0. The van der Waals surface area contributed by atoms with Gasteiger partial charge in [0.05, 0.1) is 6.04 Å². The lowest BCUT2D eigenvalue weighted by molar-refractivity contribution is 0.0726. The maximum atomic E-state index is 12.8. The number of carbonyl (C=O) groups is 1. The van der Waals surface area contributed by atoms with Crippen LogP contribution in [0.4, 0.5) is 0 Å². The van der Waals surface area contributed by atoms with Crippen LogP contribution in [0.15, 0.2) is 41.5 Å². The van der Waals surface area contributed by atoms with E-state index in [1.807, 2.05) is 30.2 Å². The van der Waals surface area contributed by atoms with E-state index in [4.69, 9.17) is 0 Å². The molecule has 6 nitrogen and oxygen atoms in total. The molecule has 1 aliphatic heterocycles. The molecule has 2 aromatic rings. The van der Waals surface area contributed by atoms with Crippen molar-refractivity contribution < 1.29 is 4.79 Å². The summed E-state index contributed by atoms with van der Waals surface area (Å²) in [6, 6.07) is 6.86. The highest BCUT2D eigenvalue weighted by Crippen LogP contribution is 2.32. The van der Waals surface area contributed by atoms with Crippen LogP contribution in [0.3, 0.4) is 0 Å². The van der Waals surface area contributed by atoms with Crippen molar-refractivity contribution in [2.45, 2.75) is 38.8 Å². The molecule has 6 heteroatoms. The molecule has 1 aliphatic rings. The number of likely N-dealkylation sites (tertiary alicyclic amines) is 1. The van der Waals surface area contributed by atoms with Crippen molar-refractivity contribution in [2.75, 3.05) is 6.54 Å². The zero-order valence-corrected chi connectivity index (χ0v) is 13.2. The third kappa shape index (κ3) is 3.16. The summed E-state index contributed by atoms with van der Waals surface area (Å²) in [6.07, 6.45) is 6.22. The number of pyridine rings is 1. The first kappa shape index (κ1) is 15.4. The van der Waals surface area contributed by atoms with Gasteiger partial charge >= 0.3 is 0 Å². The fourth-order valence-electron chi connectivity index (χ4n) is 3.01. The molecule has 3 heterocycles. The van der Waals surface area contributed by atoms with Crippen LogP contribution in [0.2, 0.25) is 0 Å². The zero-order chi connectivity index (χ0) is 16.2. The van der Waals surface area contributed by atoms with E-state index in [1.165, 1.54) is 16.8 Å². The Bertz CT molecular complexity index is 742. The van der Waals surface area contributed by atoms with Crippen LogP contribution in [0.1, 0.15) is 48.3 Å². The van der Waals surface area contributed by atoms with Gasteiger partial charge < -0.3 is 4.90 Å². The molecule has 0 bridgehead atoms. The Hall–Kier alpha value is -2.50. The van der Waals surface area contributed by atoms with Gasteiger partial charge in [-0.15, -0.1) is 0 Å². The van der Waals surface area contributed by atoms with Gasteiger partial charge in [-0.2, -0.15) is 5.10 Å². The molecule has 23 heavy (non-hydrogen) atoms. The fraction of sp³-hybridized carbons (Fsp3) is 0.412. The molecule has 1 atom stereocenters. The molecule has 0 spiro atoms. The second-order valence-electron chi connectivity index (χ2n) is 5.72. The lowest BCUT2D eigenvalue weighted by atomic mass is 10.1. The Kier molecular flexibility index (Phi) is 4.50. The average molecular weight is 312 g/mol. The number of aromatic nitrogens is 3. The number of carbonyl (C=O) groups excluding carboxylic acids is 1. The van der Waals surface area contributed by atoms with E-state index in [-0.39, 0.29) is 17.5 Å². The van der Waals surface area contributed by atoms with Gasteiger partial charge in [0.2, 0.25) is 0 Å². The fourth-order valence-corrected chi connectivity index (χ4v) is 3.01. The smallest absolute Gasteiger partial charge is 0.274 e. The minimum absolute atomic E-state index is 0.0320. The van der Waals surface area contributed by atoms with Crippen molar-refractivity contribution in [1.29, 1.82) is 0 Å². The van der Waals surface area contributed by atoms with E-state index < -0.39 is 0 Å². The van der Waals surface area contributed by atoms with E-state index >= 15 is 0 Å². The van der Waals surface area contributed by atoms with Gasteiger partial charge in [0.1, 0.15) is 5.69 Å². The number of rotatable bonds is 4. The van der Waals surface area contributed by atoms with Gasteiger partial charge in [-0.25, -0.2) is 4.68 Å². The van der Waals surface area contributed by atoms with Crippen molar-refractivity contribution in [2.24, 2.45) is 0 Å². The van der Waals surface area contributed by atoms with Gasteiger partial charge in [0, 0.05) is 31.5 Å². The molecule has 0 aliphatic carbocycles. The van der Waals surface area contributed by atoms with Crippen molar-refractivity contribution in [1.82, 2.24) is 19.7 Å². The molecule has 120 valence electrons. The van der Waals surface area contributed by atoms with Gasteiger partial charge in [-0.05, 0) is 37.0 Å². The summed E-state index contributed by atoms with van der Waals surface area (Å²) in [6.45, 7) is 3.19. The predicted octanol–water partition coefficient (Wildman–Crippen LogP) is 2.03. The van der Waals surface area contributed by atoms with E-state index in [9.17, 15) is 9.59 Å². The van der Waals surface area contributed by atoms with E-state index in [0.29, 0.717) is 18.8 Å².